The summed E-state index contributed by atoms with van der Waals surface area (Å²) in [5.74, 6) is 0.267. The first kappa shape index (κ1) is 14.6. The minimum absolute atomic E-state index is 0.00210. The molecule has 108 valence electrons. The van der Waals surface area contributed by atoms with Crippen molar-refractivity contribution in [1.82, 2.24) is 5.32 Å². The number of nitrogens with one attached hydrogen (secondary N) is 1. The fraction of sp³-hybridized carbons (Fsp3) is 0.267. The highest BCUT2D eigenvalue weighted by molar-refractivity contribution is 6.16. The molecule has 6 heteroatoms. The highest BCUT2D eigenvalue weighted by Gasteiger charge is 2.23. The quantitative estimate of drug-likeness (QED) is 0.486. The molecule has 2 rings (SSSR count). The van der Waals surface area contributed by atoms with Crippen molar-refractivity contribution in [3.05, 3.63) is 35.5 Å². The molecule has 0 saturated carbocycles. The van der Waals surface area contributed by atoms with Crippen LogP contribution in [0.2, 0.25) is 0 Å². The Labute approximate surface area is 122 Å². The fourth-order valence-corrected chi connectivity index (χ4v) is 1.85. The minimum atomic E-state index is -0.465. The Hall–Kier alpha value is -2.81. The Morgan fingerprint density at radius 2 is 2.14 bits per heavy atom. The predicted molar refractivity (Wildman–Crippen MR) is 79.1 cm³/mol. The first-order chi connectivity index (χ1) is 10.2. The van der Waals surface area contributed by atoms with E-state index in [1.165, 1.54) is 0 Å². The summed E-state index contributed by atoms with van der Waals surface area (Å²) in [6.07, 6.45) is 2.06. The lowest BCUT2D eigenvalue weighted by atomic mass is 10.0. The van der Waals surface area contributed by atoms with Gasteiger partial charge in [-0.1, -0.05) is 13.3 Å². The predicted octanol–water partition coefficient (Wildman–Crippen LogP) is 1.54. The molecule has 0 bridgehead atoms. The Morgan fingerprint density at radius 3 is 2.67 bits per heavy atom. The topological polar surface area (TPSA) is 100 Å². The van der Waals surface area contributed by atoms with Crippen molar-refractivity contribution >= 4 is 17.4 Å². The van der Waals surface area contributed by atoms with Gasteiger partial charge in [-0.25, -0.2) is 4.99 Å². The summed E-state index contributed by atoms with van der Waals surface area (Å²) in [6.45, 7) is 2.75. The van der Waals surface area contributed by atoms with Gasteiger partial charge in [0.25, 0.3) is 5.91 Å². The van der Waals surface area contributed by atoms with E-state index in [4.69, 9.17) is 10.5 Å². The van der Waals surface area contributed by atoms with E-state index < -0.39 is 5.91 Å². The Balaban J connectivity index is 2.23. The van der Waals surface area contributed by atoms with E-state index in [1.54, 1.807) is 24.3 Å². The Morgan fingerprint density at radius 1 is 1.43 bits per heavy atom. The van der Waals surface area contributed by atoms with Crippen LogP contribution in [0.4, 0.5) is 0 Å². The molecule has 1 amide bonds. The van der Waals surface area contributed by atoms with Crippen LogP contribution in [0.1, 0.15) is 25.3 Å². The number of nitriles is 1. The number of amides is 1. The summed E-state index contributed by atoms with van der Waals surface area (Å²) < 4.78 is 5.55. The number of rotatable bonds is 5. The largest absolute Gasteiger partial charge is 0.494 e. The fourth-order valence-electron chi connectivity index (χ4n) is 1.85. The van der Waals surface area contributed by atoms with Crippen LogP contribution in [0.15, 0.2) is 35.0 Å². The van der Waals surface area contributed by atoms with E-state index in [-0.39, 0.29) is 17.2 Å². The second-order valence-electron chi connectivity index (χ2n) is 4.51. The van der Waals surface area contributed by atoms with Gasteiger partial charge in [-0.05, 0) is 36.2 Å². The standard InChI is InChI=1S/C15H16N4O2/c1-2-3-8-21-11-6-4-10(5-7-11)12(9-16)13-14(20)19-15(17)18-13/h4-7H,2-3,8H2,1H3,(H3,17,18,19,20). The highest BCUT2D eigenvalue weighted by Crippen LogP contribution is 2.23. The van der Waals surface area contributed by atoms with Crippen molar-refractivity contribution in [1.29, 1.82) is 5.26 Å². The van der Waals surface area contributed by atoms with E-state index in [0.29, 0.717) is 12.2 Å². The number of hydrogen-bond acceptors (Lipinski definition) is 5. The van der Waals surface area contributed by atoms with E-state index in [0.717, 1.165) is 18.6 Å². The third kappa shape index (κ3) is 3.39. The first-order valence-corrected chi connectivity index (χ1v) is 6.68. The molecule has 1 aliphatic heterocycles. The number of hydrogen-bond donors (Lipinski definition) is 2. The molecule has 1 heterocycles. The molecular formula is C15H16N4O2. The third-order valence-corrected chi connectivity index (χ3v) is 2.95. The van der Waals surface area contributed by atoms with Gasteiger partial charge >= 0.3 is 0 Å². The van der Waals surface area contributed by atoms with Crippen LogP contribution in [0.5, 0.6) is 5.75 Å². The van der Waals surface area contributed by atoms with Crippen LogP contribution in [-0.4, -0.2) is 18.5 Å². The molecule has 21 heavy (non-hydrogen) atoms. The molecule has 1 aromatic carbocycles. The maximum atomic E-state index is 11.7. The van der Waals surface area contributed by atoms with Crippen molar-refractivity contribution in [2.75, 3.05) is 6.61 Å². The van der Waals surface area contributed by atoms with Crippen LogP contribution in [0, 0.1) is 11.3 Å². The molecule has 6 nitrogen and oxygen atoms in total. The lowest BCUT2D eigenvalue weighted by Crippen LogP contribution is -2.30. The van der Waals surface area contributed by atoms with Crippen LogP contribution < -0.4 is 15.8 Å². The second kappa shape index (κ2) is 6.57. The molecule has 0 atom stereocenters. The maximum absolute atomic E-state index is 11.7. The van der Waals surface area contributed by atoms with E-state index in [2.05, 4.69) is 17.2 Å². The van der Waals surface area contributed by atoms with E-state index in [9.17, 15) is 10.1 Å². The number of ether oxygens (including phenoxy) is 1. The number of aliphatic imine (C=N–C) groups is 1. The number of carbonyl (C=O) groups excluding carboxylic acids is 1. The average Bonchev–Trinajstić information content (AvgIpc) is 2.81. The molecule has 3 N–H and O–H groups in total. The van der Waals surface area contributed by atoms with Crippen molar-refractivity contribution in [3.8, 4) is 11.8 Å². The van der Waals surface area contributed by atoms with Gasteiger partial charge in [0, 0.05) is 0 Å². The molecule has 0 aromatic heterocycles. The molecular weight excluding hydrogens is 268 g/mol. The number of allylic oxidation sites excluding steroid dienone is 1. The summed E-state index contributed by atoms with van der Waals surface area (Å²) in [6, 6.07) is 8.98. The lowest BCUT2D eigenvalue weighted by molar-refractivity contribution is -0.115. The molecule has 1 aliphatic rings. The number of benzene rings is 1. The average molecular weight is 284 g/mol. The van der Waals surface area contributed by atoms with Gasteiger partial charge in [-0.3, -0.25) is 10.1 Å². The summed E-state index contributed by atoms with van der Waals surface area (Å²) in [4.78, 5) is 15.5. The minimum Gasteiger partial charge on any atom is -0.494 e. The third-order valence-electron chi connectivity index (χ3n) is 2.95. The summed E-state index contributed by atoms with van der Waals surface area (Å²) in [5.41, 5.74) is 6.26. The zero-order valence-electron chi connectivity index (χ0n) is 11.7. The molecule has 0 radical (unpaired) electrons. The van der Waals surface area contributed by atoms with Gasteiger partial charge in [0.05, 0.1) is 12.2 Å². The monoisotopic (exact) mass is 284 g/mol. The van der Waals surface area contributed by atoms with Crippen molar-refractivity contribution in [2.45, 2.75) is 19.8 Å². The summed E-state index contributed by atoms with van der Waals surface area (Å²) >= 11 is 0. The number of nitrogens with two attached hydrogens (primary N) is 1. The summed E-state index contributed by atoms with van der Waals surface area (Å²) in [5, 5.41) is 11.6. The first-order valence-electron chi connectivity index (χ1n) is 6.68. The molecule has 0 fully saturated rings. The van der Waals surface area contributed by atoms with Gasteiger partial charge in [0.1, 0.15) is 11.8 Å². The van der Waals surface area contributed by atoms with E-state index in [1.807, 2.05) is 6.07 Å². The number of guanidine groups is 1. The van der Waals surface area contributed by atoms with Gasteiger partial charge in [-0.15, -0.1) is 0 Å². The lowest BCUT2D eigenvalue weighted by Gasteiger charge is -2.06. The SMILES string of the molecule is CCCCOc1ccc(C(C#N)=C2N=C(N)NC2=O)cc1. The molecule has 0 saturated heterocycles. The number of unbranched alkanes of at least 4 members (excludes halogenated alkanes) is 1. The normalized spacial score (nSPS) is 16.0. The Kier molecular flexibility index (Phi) is 4.57. The molecule has 0 spiro atoms. The highest BCUT2D eigenvalue weighted by atomic mass is 16.5. The van der Waals surface area contributed by atoms with Crippen molar-refractivity contribution in [3.63, 3.8) is 0 Å². The molecule has 0 unspecified atom stereocenters. The number of nitrogens with zero attached hydrogens (tertiary/aromatic N) is 2. The van der Waals surface area contributed by atoms with Crippen LogP contribution in [0.25, 0.3) is 5.57 Å². The molecule has 1 aromatic rings. The van der Waals surface area contributed by atoms with Gasteiger partial charge in [0.15, 0.2) is 5.70 Å². The van der Waals surface area contributed by atoms with Crippen LogP contribution in [0.3, 0.4) is 0 Å². The summed E-state index contributed by atoms with van der Waals surface area (Å²) in [7, 11) is 0. The maximum Gasteiger partial charge on any atom is 0.278 e. The number of carbonyl (C=O) groups is 1. The van der Waals surface area contributed by atoms with Crippen molar-refractivity contribution in [2.24, 2.45) is 10.7 Å². The van der Waals surface area contributed by atoms with Crippen LogP contribution >= 0.6 is 0 Å². The van der Waals surface area contributed by atoms with Gasteiger partial charge in [-0.2, -0.15) is 5.26 Å². The van der Waals surface area contributed by atoms with Gasteiger partial charge < -0.3 is 10.5 Å². The van der Waals surface area contributed by atoms with E-state index >= 15 is 0 Å². The van der Waals surface area contributed by atoms with Crippen molar-refractivity contribution < 1.29 is 9.53 Å². The zero-order chi connectivity index (χ0) is 15.2. The van der Waals surface area contributed by atoms with Crippen LogP contribution in [-0.2, 0) is 4.79 Å². The van der Waals surface area contributed by atoms with Gasteiger partial charge in [0.2, 0.25) is 5.96 Å². The Bertz CT molecular complexity index is 639. The second-order valence-corrected chi connectivity index (χ2v) is 4.51. The molecule has 0 aliphatic carbocycles. The zero-order valence-corrected chi connectivity index (χ0v) is 11.7. The smallest absolute Gasteiger partial charge is 0.278 e.